The number of anilines is 2. The van der Waals surface area contributed by atoms with Crippen LogP contribution in [0.2, 0.25) is 0 Å². The number of nitrogens with two attached hydrogens (primary N) is 1. The minimum atomic E-state index is -2.89. The van der Waals surface area contributed by atoms with Gasteiger partial charge >= 0.3 is 0 Å². The van der Waals surface area contributed by atoms with Gasteiger partial charge in [0.15, 0.2) is 0 Å². The number of aromatic nitrogens is 1. The maximum absolute atomic E-state index is 10.8. The standard InChI is InChI=1S/C24H30N4O4S/c1-31-18-6-7-22-17(10-18)12-28(8-9-33(22,29)30)23-11-21(19-4-2-3-5-20(19)27-23)26-14-24(13-25)15-32-16-24/h2-7,10-11,29-30H,8-9,12-16,25H2,1H3,(H,26,27). The molecule has 0 aliphatic carbocycles. The minimum absolute atomic E-state index is 0.0423. The molecule has 0 spiro atoms. The van der Waals surface area contributed by atoms with Gasteiger partial charge in [-0.05, 0) is 29.8 Å². The Bertz CT molecular complexity index is 1160. The first-order valence-electron chi connectivity index (χ1n) is 11.0. The number of nitrogens with zero attached hydrogens (tertiary/aromatic N) is 2. The molecule has 3 aromatic rings. The van der Waals surface area contributed by atoms with E-state index >= 15 is 0 Å². The van der Waals surface area contributed by atoms with E-state index in [-0.39, 0.29) is 11.2 Å². The van der Waals surface area contributed by atoms with Crippen LogP contribution in [0.3, 0.4) is 0 Å². The average molecular weight is 471 g/mol. The Morgan fingerprint density at radius 3 is 2.76 bits per heavy atom. The molecule has 1 aromatic heterocycles. The molecule has 1 fully saturated rings. The molecular formula is C24H30N4O4S. The van der Waals surface area contributed by atoms with E-state index in [1.165, 1.54) is 0 Å². The molecule has 176 valence electrons. The highest BCUT2D eigenvalue weighted by atomic mass is 32.3. The van der Waals surface area contributed by atoms with E-state index < -0.39 is 10.6 Å². The highest BCUT2D eigenvalue weighted by Crippen LogP contribution is 2.52. The van der Waals surface area contributed by atoms with Gasteiger partial charge in [-0.3, -0.25) is 9.11 Å². The topological polar surface area (TPSA) is 113 Å². The predicted octanol–water partition coefficient (Wildman–Crippen LogP) is 3.76. The van der Waals surface area contributed by atoms with Crippen molar-refractivity contribution >= 4 is 33.0 Å². The minimum Gasteiger partial charge on any atom is -0.497 e. The Labute approximate surface area is 195 Å². The van der Waals surface area contributed by atoms with Crippen LogP contribution in [0.25, 0.3) is 10.9 Å². The summed E-state index contributed by atoms with van der Waals surface area (Å²) >= 11 is 0. The average Bonchev–Trinajstić information content (AvgIpc) is 2.93. The lowest BCUT2D eigenvalue weighted by Crippen LogP contribution is -2.52. The Morgan fingerprint density at radius 2 is 2.03 bits per heavy atom. The predicted molar refractivity (Wildman–Crippen MR) is 133 cm³/mol. The van der Waals surface area contributed by atoms with Crippen molar-refractivity contribution in [2.75, 3.05) is 55.9 Å². The second-order valence-corrected chi connectivity index (χ2v) is 11.0. The Balaban J connectivity index is 1.51. The number of para-hydroxylation sites is 1. The van der Waals surface area contributed by atoms with Crippen molar-refractivity contribution in [2.24, 2.45) is 11.1 Å². The third kappa shape index (κ3) is 4.22. The zero-order chi connectivity index (χ0) is 23.1. The van der Waals surface area contributed by atoms with Gasteiger partial charge in [-0.2, -0.15) is 10.6 Å². The molecule has 0 atom stereocenters. The smallest absolute Gasteiger partial charge is 0.131 e. The van der Waals surface area contributed by atoms with E-state index in [1.54, 1.807) is 19.2 Å². The monoisotopic (exact) mass is 470 g/mol. The number of ether oxygens (including phenoxy) is 2. The van der Waals surface area contributed by atoms with Crippen molar-refractivity contribution in [3.63, 3.8) is 0 Å². The number of benzene rings is 2. The summed E-state index contributed by atoms with van der Waals surface area (Å²) in [4.78, 5) is 7.60. The molecule has 9 heteroatoms. The molecule has 0 amide bonds. The summed E-state index contributed by atoms with van der Waals surface area (Å²) in [5.74, 6) is 1.72. The normalized spacial score (nSPS) is 19.8. The Morgan fingerprint density at radius 1 is 1.21 bits per heavy atom. The van der Waals surface area contributed by atoms with Crippen molar-refractivity contribution < 1.29 is 18.6 Å². The van der Waals surface area contributed by atoms with E-state index in [0.29, 0.717) is 43.5 Å². The molecule has 0 bridgehead atoms. The van der Waals surface area contributed by atoms with Crippen LogP contribution in [0.4, 0.5) is 11.5 Å². The highest BCUT2D eigenvalue weighted by Gasteiger charge is 2.37. The lowest BCUT2D eigenvalue weighted by atomic mass is 9.86. The van der Waals surface area contributed by atoms with E-state index in [0.717, 1.165) is 34.5 Å². The molecule has 2 aliphatic heterocycles. The number of hydrogen-bond donors (Lipinski definition) is 4. The van der Waals surface area contributed by atoms with E-state index in [9.17, 15) is 9.11 Å². The zero-order valence-electron chi connectivity index (χ0n) is 18.7. The number of pyridine rings is 1. The van der Waals surface area contributed by atoms with Gasteiger partial charge in [0, 0.05) is 48.7 Å². The number of fused-ring (bicyclic) bond motifs is 2. The van der Waals surface area contributed by atoms with Crippen molar-refractivity contribution in [1.82, 2.24) is 4.98 Å². The first kappa shape index (κ1) is 22.2. The molecule has 0 unspecified atom stereocenters. The summed E-state index contributed by atoms with van der Waals surface area (Å²) in [6.45, 7) is 3.60. The van der Waals surface area contributed by atoms with Crippen molar-refractivity contribution in [3.8, 4) is 5.75 Å². The van der Waals surface area contributed by atoms with Gasteiger partial charge in [-0.1, -0.05) is 18.2 Å². The second-order valence-electron chi connectivity index (χ2n) is 8.86. The van der Waals surface area contributed by atoms with E-state index in [4.69, 9.17) is 20.2 Å². The van der Waals surface area contributed by atoms with Crippen molar-refractivity contribution in [2.45, 2.75) is 11.4 Å². The molecular weight excluding hydrogens is 440 g/mol. The summed E-state index contributed by atoms with van der Waals surface area (Å²) < 4.78 is 32.4. The van der Waals surface area contributed by atoms with E-state index in [2.05, 4.69) is 16.3 Å². The number of rotatable bonds is 6. The molecule has 8 nitrogen and oxygen atoms in total. The first-order chi connectivity index (χ1) is 15.9. The third-order valence-electron chi connectivity index (χ3n) is 6.56. The fourth-order valence-electron chi connectivity index (χ4n) is 4.39. The van der Waals surface area contributed by atoms with Gasteiger partial charge in [-0.25, -0.2) is 4.98 Å². The largest absolute Gasteiger partial charge is 0.497 e. The van der Waals surface area contributed by atoms with Crippen LogP contribution >= 0.6 is 10.6 Å². The van der Waals surface area contributed by atoms with Crippen molar-refractivity contribution in [3.05, 3.63) is 54.1 Å². The summed E-state index contributed by atoms with van der Waals surface area (Å²) in [6, 6.07) is 15.5. The van der Waals surface area contributed by atoms with Crippen LogP contribution in [0, 0.1) is 5.41 Å². The number of hydrogen-bond acceptors (Lipinski definition) is 8. The summed E-state index contributed by atoms with van der Waals surface area (Å²) in [7, 11) is -1.28. The van der Waals surface area contributed by atoms with Crippen molar-refractivity contribution in [1.29, 1.82) is 0 Å². The summed E-state index contributed by atoms with van der Waals surface area (Å²) in [6.07, 6.45) is 0. The molecule has 3 heterocycles. The number of methoxy groups -OCH3 is 1. The molecule has 5 rings (SSSR count). The highest BCUT2D eigenvalue weighted by molar-refractivity contribution is 8.24. The van der Waals surface area contributed by atoms with Gasteiger partial charge in [-0.15, -0.1) is 0 Å². The summed E-state index contributed by atoms with van der Waals surface area (Å²) in [5, 5.41) is 4.63. The fraction of sp³-hybridized carbons (Fsp3) is 0.375. The molecule has 2 aliphatic rings. The molecule has 0 saturated carbocycles. The lowest BCUT2D eigenvalue weighted by molar-refractivity contribution is -0.0979. The number of nitrogens with one attached hydrogen (secondary N) is 1. The quantitative estimate of drug-likeness (QED) is 0.431. The third-order valence-corrected chi connectivity index (χ3v) is 8.41. The maximum atomic E-state index is 10.8. The van der Waals surface area contributed by atoms with Gasteiger partial charge in [0.2, 0.25) is 0 Å². The van der Waals surface area contributed by atoms with Gasteiger partial charge in [0.25, 0.3) is 0 Å². The van der Waals surface area contributed by atoms with Crippen LogP contribution in [-0.2, 0) is 11.3 Å². The first-order valence-corrected chi connectivity index (χ1v) is 12.7. The molecule has 33 heavy (non-hydrogen) atoms. The SMILES string of the molecule is COc1ccc2c(c1)CN(c1cc(NCC3(CN)COC3)c3ccccc3n1)CCS2(O)O. The maximum Gasteiger partial charge on any atom is 0.131 e. The van der Waals surface area contributed by atoms with Gasteiger partial charge < -0.3 is 25.4 Å². The van der Waals surface area contributed by atoms with Crippen LogP contribution in [-0.4, -0.2) is 59.8 Å². The Kier molecular flexibility index (Phi) is 5.84. The van der Waals surface area contributed by atoms with Crippen LogP contribution in [0.15, 0.2) is 53.4 Å². The molecule has 5 N–H and O–H groups in total. The zero-order valence-corrected chi connectivity index (χ0v) is 19.5. The molecule has 2 aromatic carbocycles. The molecule has 1 saturated heterocycles. The van der Waals surface area contributed by atoms with Crippen LogP contribution in [0.5, 0.6) is 5.75 Å². The van der Waals surface area contributed by atoms with E-state index in [1.807, 2.05) is 30.3 Å². The molecule has 0 radical (unpaired) electrons. The lowest BCUT2D eigenvalue weighted by Gasteiger charge is -2.40. The van der Waals surface area contributed by atoms with Crippen LogP contribution < -0.4 is 20.7 Å². The van der Waals surface area contributed by atoms with Gasteiger partial charge in [0.05, 0.1) is 36.5 Å². The van der Waals surface area contributed by atoms with Gasteiger partial charge in [0.1, 0.15) is 11.6 Å². The Hall–Kier alpha value is -2.56. The summed E-state index contributed by atoms with van der Waals surface area (Å²) in [5.41, 5.74) is 8.67. The second kappa shape index (κ2) is 8.66. The van der Waals surface area contributed by atoms with Crippen LogP contribution in [0.1, 0.15) is 5.56 Å². The fourth-order valence-corrected chi connectivity index (χ4v) is 5.91.